The summed E-state index contributed by atoms with van der Waals surface area (Å²) in [7, 11) is 0. The van der Waals surface area contributed by atoms with Crippen molar-refractivity contribution in [1.29, 1.82) is 5.41 Å². The SMILES string of the molecule is CC(=N)/C=C(\S)Nc1nc(N[C@H](CC(C)C)C(N)=O)cnc1C(N)=O. The maximum atomic E-state index is 11.6. The fraction of sp³-hybridized carbons (Fsp3) is 0.400. The standard InChI is InChI=1S/C15H23N7O2S/c1-7(2)4-9(13(17)23)20-10-6-19-12(14(18)24)15(21-10)22-11(25)5-8(3)16/h5-7,9,16,25H,4H2,1-3H3,(H2,17,23)(H2,18,24)(H2,20,21,22)/b11-5-,16-8?/t9-/m1/s1. The summed E-state index contributed by atoms with van der Waals surface area (Å²) in [6, 6.07) is -0.628. The van der Waals surface area contributed by atoms with Crippen LogP contribution in [0.4, 0.5) is 11.6 Å². The van der Waals surface area contributed by atoms with Crippen LogP contribution in [0.5, 0.6) is 0 Å². The van der Waals surface area contributed by atoms with E-state index in [1.807, 2.05) is 13.8 Å². The second kappa shape index (κ2) is 9.02. The Morgan fingerprint density at radius 1 is 1.40 bits per heavy atom. The number of carbonyl (C=O) groups is 2. The summed E-state index contributed by atoms with van der Waals surface area (Å²) >= 11 is 4.17. The topological polar surface area (TPSA) is 160 Å². The van der Waals surface area contributed by atoms with E-state index in [0.29, 0.717) is 6.42 Å². The molecule has 1 rings (SSSR count). The van der Waals surface area contributed by atoms with E-state index in [1.54, 1.807) is 6.92 Å². The summed E-state index contributed by atoms with van der Waals surface area (Å²) in [6.07, 6.45) is 3.24. The number of carbonyl (C=O) groups excluding carboxylic acids is 2. The smallest absolute Gasteiger partial charge is 0.271 e. The maximum absolute atomic E-state index is 11.6. The number of nitrogens with two attached hydrogens (primary N) is 2. The Kier molecular flexibility index (Phi) is 7.37. The molecule has 0 aliphatic heterocycles. The molecule has 1 atom stereocenters. The van der Waals surface area contributed by atoms with Crippen molar-refractivity contribution in [3.63, 3.8) is 0 Å². The Morgan fingerprint density at radius 2 is 2.04 bits per heavy atom. The average molecular weight is 365 g/mol. The fourth-order valence-electron chi connectivity index (χ4n) is 1.98. The van der Waals surface area contributed by atoms with Crippen molar-refractivity contribution in [3.8, 4) is 0 Å². The highest BCUT2D eigenvalue weighted by atomic mass is 32.1. The van der Waals surface area contributed by atoms with Gasteiger partial charge in [0.05, 0.1) is 11.2 Å². The van der Waals surface area contributed by atoms with Crippen LogP contribution in [0.1, 0.15) is 37.7 Å². The molecule has 0 fully saturated rings. The van der Waals surface area contributed by atoms with Gasteiger partial charge >= 0.3 is 0 Å². The second-order valence-corrected chi connectivity index (χ2v) is 6.36. The van der Waals surface area contributed by atoms with E-state index in [0.717, 1.165) is 0 Å². The summed E-state index contributed by atoms with van der Waals surface area (Å²) in [5.41, 5.74) is 10.9. The van der Waals surface area contributed by atoms with Gasteiger partial charge in [-0.2, -0.15) is 0 Å². The zero-order valence-electron chi connectivity index (χ0n) is 14.3. The summed E-state index contributed by atoms with van der Waals surface area (Å²) in [5, 5.41) is 13.4. The molecule has 0 spiro atoms. The summed E-state index contributed by atoms with van der Waals surface area (Å²) in [6.45, 7) is 5.49. The van der Waals surface area contributed by atoms with Gasteiger partial charge in [0.1, 0.15) is 11.9 Å². The van der Waals surface area contributed by atoms with Crippen molar-refractivity contribution in [2.75, 3.05) is 10.6 Å². The van der Waals surface area contributed by atoms with Crippen LogP contribution in [0, 0.1) is 11.3 Å². The molecule has 10 heteroatoms. The third-order valence-electron chi connectivity index (χ3n) is 2.98. The number of amides is 2. The minimum absolute atomic E-state index is 0.0627. The first-order chi connectivity index (χ1) is 11.6. The lowest BCUT2D eigenvalue weighted by Crippen LogP contribution is -2.37. The van der Waals surface area contributed by atoms with E-state index in [-0.39, 0.29) is 34.0 Å². The highest BCUT2D eigenvalue weighted by Crippen LogP contribution is 2.18. The zero-order valence-corrected chi connectivity index (χ0v) is 15.2. The number of hydrogen-bond donors (Lipinski definition) is 6. The summed E-state index contributed by atoms with van der Waals surface area (Å²) < 4.78 is 0. The molecule has 136 valence electrons. The molecular formula is C15H23N7O2S. The molecule has 0 unspecified atom stereocenters. The number of nitrogens with zero attached hydrogens (tertiary/aromatic N) is 2. The molecule has 7 N–H and O–H groups in total. The minimum atomic E-state index is -0.775. The quantitative estimate of drug-likeness (QED) is 0.284. The van der Waals surface area contributed by atoms with Gasteiger partial charge in [0.2, 0.25) is 5.91 Å². The Morgan fingerprint density at radius 3 is 2.52 bits per heavy atom. The van der Waals surface area contributed by atoms with Crippen LogP contribution >= 0.6 is 12.6 Å². The van der Waals surface area contributed by atoms with Gasteiger partial charge < -0.3 is 27.5 Å². The third-order valence-corrected chi connectivity index (χ3v) is 3.22. The predicted molar refractivity (Wildman–Crippen MR) is 101 cm³/mol. The molecule has 9 nitrogen and oxygen atoms in total. The average Bonchev–Trinajstić information content (AvgIpc) is 2.44. The molecule has 0 saturated carbocycles. The minimum Gasteiger partial charge on any atom is -0.368 e. The van der Waals surface area contributed by atoms with Crippen molar-refractivity contribution in [1.82, 2.24) is 9.97 Å². The lowest BCUT2D eigenvalue weighted by atomic mass is 10.0. The van der Waals surface area contributed by atoms with E-state index in [2.05, 4.69) is 33.2 Å². The van der Waals surface area contributed by atoms with Crippen molar-refractivity contribution in [3.05, 3.63) is 23.0 Å². The van der Waals surface area contributed by atoms with E-state index in [1.165, 1.54) is 12.3 Å². The van der Waals surface area contributed by atoms with Crippen molar-refractivity contribution in [2.45, 2.75) is 33.2 Å². The lowest BCUT2D eigenvalue weighted by molar-refractivity contribution is -0.119. The number of nitrogens with one attached hydrogen (secondary N) is 3. The normalized spacial score (nSPS) is 12.6. The highest BCUT2D eigenvalue weighted by molar-refractivity contribution is 7.84. The van der Waals surface area contributed by atoms with Crippen LogP contribution in [0.3, 0.4) is 0 Å². The van der Waals surface area contributed by atoms with E-state index < -0.39 is 17.9 Å². The molecule has 0 aromatic carbocycles. The maximum Gasteiger partial charge on any atom is 0.271 e. The van der Waals surface area contributed by atoms with Gasteiger partial charge in [-0.3, -0.25) is 9.59 Å². The van der Waals surface area contributed by atoms with Crippen molar-refractivity contribution in [2.24, 2.45) is 17.4 Å². The van der Waals surface area contributed by atoms with Crippen LogP contribution in [0.2, 0.25) is 0 Å². The van der Waals surface area contributed by atoms with Crippen LogP contribution in [-0.4, -0.2) is 33.5 Å². The molecule has 1 aromatic heterocycles. The van der Waals surface area contributed by atoms with Gasteiger partial charge in [-0.25, -0.2) is 9.97 Å². The summed E-state index contributed by atoms with van der Waals surface area (Å²) in [4.78, 5) is 31.3. The van der Waals surface area contributed by atoms with E-state index in [9.17, 15) is 9.59 Å². The molecule has 0 bridgehead atoms. The van der Waals surface area contributed by atoms with Crippen molar-refractivity contribution < 1.29 is 9.59 Å². The highest BCUT2D eigenvalue weighted by Gasteiger charge is 2.19. The Balaban J connectivity index is 3.14. The van der Waals surface area contributed by atoms with Gasteiger partial charge in [0.25, 0.3) is 5.91 Å². The number of thiol groups is 1. The molecule has 0 radical (unpaired) electrons. The van der Waals surface area contributed by atoms with Gasteiger partial charge in [-0.05, 0) is 25.3 Å². The molecule has 1 aromatic rings. The van der Waals surface area contributed by atoms with Crippen molar-refractivity contribution >= 4 is 41.8 Å². The molecule has 25 heavy (non-hydrogen) atoms. The van der Waals surface area contributed by atoms with E-state index in [4.69, 9.17) is 16.9 Å². The largest absolute Gasteiger partial charge is 0.368 e. The van der Waals surface area contributed by atoms with Gasteiger partial charge in [0.15, 0.2) is 11.5 Å². The molecule has 1 heterocycles. The first-order valence-corrected chi connectivity index (χ1v) is 8.00. The number of aromatic nitrogens is 2. The third kappa shape index (κ3) is 6.79. The number of primary amides is 2. The molecule has 0 aliphatic carbocycles. The number of allylic oxidation sites excluding steroid dienone is 1. The molecular weight excluding hydrogens is 342 g/mol. The monoisotopic (exact) mass is 365 g/mol. The van der Waals surface area contributed by atoms with Gasteiger partial charge in [-0.15, -0.1) is 12.6 Å². The Labute approximate surface area is 151 Å². The van der Waals surface area contributed by atoms with E-state index >= 15 is 0 Å². The van der Waals surface area contributed by atoms with Crippen LogP contribution < -0.4 is 22.1 Å². The Bertz CT molecular complexity index is 703. The fourth-order valence-corrected chi connectivity index (χ4v) is 2.28. The lowest BCUT2D eigenvalue weighted by Gasteiger charge is -2.18. The second-order valence-electron chi connectivity index (χ2n) is 5.88. The van der Waals surface area contributed by atoms with Crippen LogP contribution in [0.25, 0.3) is 0 Å². The summed E-state index contributed by atoms with van der Waals surface area (Å²) in [5.74, 6) is -0.735. The number of hydrogen-bond acceptors (Lipinski definition) is 8. The molecule has 0 saturated heterocycles. The first-order valence-electron chi connectivity index (χ1n) is 7.55. The Hall–Kier alpha value is -2.62. The van der Waals surface area contributed by atoms with Crippen LogP contribution in [0.15, 0.2) is 17.3 Å². The number of anilines is 2. The predicted octanol–water partition coefficient (Wildman–Crippen LogP) is 1.11. The number of rotatable bonds is 9. The first kappa shape index (κ1) is 20.4. The molecule has 0 aliphatic rings. The van der Waals surface area contributed by atoms with Gasteiger partial charge in [-0.1, -0.05) is 13.8 Å². The molecule has 2 amide bonds. The zero-order chi connectivity index (χ0) is 19.1. The van der Waals surface area contributed by atoms with Crippen LogP contribution in [-0.2, 0) is 4.79 Å². The van der Waals surface area contributed by atoms with Gasteiger partial charge in [0, 0.05) is 5.71 Å².